The van der Waals surface area contributed by atoms with Gasteiger partial charge in [0.05, 0.1) is 22.8 Å². The average molecular weight is 520 g/mol. The number of imide groups is 1. The number of methoxy groups -OCH3 is 1. The number of nitrogens with one attached hydrogen (secondary N) is 2. The van der Waals surface area contributed by atoms with Crippen LogP contribution in [0.2, 0.25) is 0 Å². The molecule has 0 aliphatic carbocycles. The number of carbonyl (C=O) groups excluding carboxylic acids is 3. The number of rotatable bonds is 3. The van der Waals surface area contributed by atoms with E-state index in [2.05, 4.69) is 25.4 Å². The van der Waals surface area contributed by atoms with E-state index in [9.17, 15) is 31.9 Å². The molecule has 0 unspecified atom stereocenters. The Balaban J connectivity index is 3.33. The number of alkyl halides is 6. The van der Waals surface area contributed by atoms with Crippen LogP contribution in [0.25, 0.3) is 0 Å². The molecule has 15 heteroatoms. The SMILES string of the molecule is COC(=O)c1cc(OC(F)(F)F)c(Br)c(F)c1NC(=O)NC(=O)C(Cl)(Cl)Cl. The van der Waals surface area contributed by atoms with Crippen molar-refractivity contribution in [2.45, 2.75) is 10.2 Å². The van der Waals surface area contributed by atoms with Gasteiger partial charge in [-0.05, 0) is 22.0 Å². The van der Waals surface area contributed by atoms with E-state index in [-0.39, 0.29) is 0 Å². The Labute approximate surface area is 171 Å². The van der Waals surface area contributed by atoms with Gasteiger partial charge >= 0.3 is 18.4 Å². The molecule has 0 saturated heterocycles. The normalized spacial score (nSPS) is 11.6. The lowest BCUT2D eigenvalue weighted by atomic mass is 10.1. The highest BCUT2D eigenvalue weighted by Gasteiger charge is 2.35. The van der Waals surface area contributed by atoms with Gasteiger partial charge in [0.2, 0.25) is 0 Å². The largest absolute Gasteiger partial charge is 0.573 e. The smallest absolute Gasteiger partial charge is 0.465 e. The maximum atomic E-state index is 14.4. The van der Waals surface area contributed by atoms with Gasteiger partial charge < -0.3 is 14.8 Å². The van der Waals surface area contributed by atoms with Crippen LogP contribution in [0.1, 0.15) is 10.4 Å². The third kappa shape index (κ3) is 6.55. The molecule has 7 nitrogen and oxygen atoms in total. The maximum Gasteiger partial charge on any atom is 0.573 e. The van der Waals surface area contributed by atoms with Crippen LogP contribution in [-0.4, -0.2) is 35.2 Å². The summed E-state index contributed by atoms with van der Waals surface area (Å²) in [6.07, 6.45) is -5.20. The number of benzene rings is 1. The van der Waals surface area contributed by atoms with Gasteiger partial charge in [-0.2, -0.15) is 0 Å². The number of esters is 1. The highest BCUT2D eigenvalue weighted by Crippen LogP contribution is 2.38. The standard InChI is InChI=1S/C12H6BrCl3F4N2O5/c1-26-8(23)3-2-4(27-12(18,19)20)5(13)6(17)7(3)21-10(25)22-9(24)11(14,15)16/h2H,1H3,(H2,21,22,24,25). The minimum atomic E-state index is -5.20. The zero-order chi connectivity index (χ0) is 21.2. The predicted molar refractivity (Wildman–Crippen MR) is 89.6 cm³/mol. The van der Waals surface area contributed by atoms with Crippen LogP contribution in [0, 0.1) is 5.82 Å². The molecule has 1 rings (SSSR count). The van der Waals surface area contributed by atoms with Crippen molar-refractivity contribution in [1.82, 2.24) is 5.32 Å². The second kappa shape index (κ2) is 8.67. The lowest BCUT2D eigenvalue weighted by molar-refractivity contribution is -0.275. The van der Waals surface area contributed by atoms with E-state index < -0.39 is 55.4 Å². The van der Waals surface area contributed by atoms with Gasteiger partial charge in [-0.1, -0.05) is 34.8 Å². The molecule has 0 fully saturated rings. The number of urea groups is 1. The van der Waals surface area contributed by atoms with Gasteiger partial charge in [-0.3, -0.25) is 10.1 Å². The topological polar surface area (TPSA) is 93.7 Å². The van der Waals surface area contributed by atoms with Crippen molar-refractivity contribution in [2.24, 2.45) is 0 Å². The molecular formula is C12H6BrCl3F4N2O5. The molecule has 0 saturated carbocycles. The number of ether oxygens (including phenoxy) is 2. The molecule has 2 N–H and O–H groups in total. The third-order valence-corrected chi connectivity index (χ3v) is 3.78. The van der Waals surface area contributed by atoms with Gasteiger partial charge in [0.25, 0.3) is 9.70 Å². The monoisotopic (exact) mass is 518 g/mol. The van der Waals surface area contributed by atoms with Gasteiger partial charge in [0.1, 0.15) is 5.75 Å². The van der Waals surface area contributed by atoms with E-state index >= 15 is 0 Å². The Bertz CT molecular complexity index is 786. The Morgan fingerprint density at radius 2 is 1.74 bits per heavy atom. The highest BCUT2D eigenvalue weighted by molar-refractivity contribution is 9.10. The van der Waals surface area contributed by atoms with E-state index in [0.717, 1.165) is 7.11 Å². The summed E-state index contributed by atoms with van der Waals surface area (Å²) in [5, 5.41) is 3.26. The van der Waals surface area contributed by atoms with Crippen LogP contribution in [-0.2, 0) is 9.53 Å². The number of hydrogen-bond acceptors (Lipinski definition) is 5. The molecule has 150 valence electrons. The van der Waals surface area contributed by atoms with Gasteiger partial charge in [-0.25, -0.2) is 14.0 Å². The van der Waals surface area contributed by atoms with Gasteiger partial charge in [-0.15, -0.1) is 13.2 Å². The van der Waals surface area contributed by atoms with Crippen LogP contribution >= 0.6 is 50.7 Å². The summed E-state index contributed by atoms with van der Waals surface area (Å²) in [5.74, 6) is -5.39. The van der Waals surface area contributed by atoms with E-state index in [4.69, 9.17) is 34.8 Å². The summed E-state index contributed by atoms with van der Waals surface area (Å²) >= 11 is 18.2. The Kier molecular flexibility index (Phi) is 7.56. The summed E-state index contributed by atoms with van der Waals surface area (Å²) in [6, 6.07) is -0.995. The first-order valence-electron chi connectivity index (χ1n) is 6.22. The molecule has 0 spiro atoms. The van der Waals surface area contributed by atoms with E-state index in [1.165, 1.54) is 5.32 Å². The maximum absolute atomic E-state index is 14.4. The Morgan fingerprint density at radius 1 is 1.19 bits per heavy atom. The molecule has 1 aromatic rings. The fourth-order valence-corrected chi connectivity index (χ4v) is 2.05. The van der Waals surface area contributed by atoms with Crippen molar-refractivity contribution in [3.8, 4) is 5.75 Å². The first kappa shape index (κ1) is 23.5. The van der Waals surface area contributed by atoms with E-state index in [1.807, 2.05) is 0 Å². The van der Waals surface area contributed by atoms with Crippen molar-refractivity contribution < 1.29 is 41.4 Å². The zero-order valence-electron chi connectivity index (χ0n) is 12.6. The molecule has 0 aliphatic rings. The lowest BCUT2D eigenvalue weighted by Gasteiger charge is -2.17. The van der Waals surface area contributed by atoms with E-state index in [0.29, 0.717) is 6.07 Å². The Morgan fingerprint density at radius 3 is 2.19 bits per heavy atom. The number of halogens is 8. The second-order valence-corrected chi connectivity index (χ2v) is 7.44. The first-order valence-corrected chi connectivity index (χ1v) is 8.15. The summed E-state index contributed by atoms with van der Waals surface area (Å²) in [7, 11) is 0.850. The molecule has 0 radical (unpaired) electrons. The fourth-order valence-electron chi connectivity index (χ4n) is 1.51. The van der Waals surface area contributed by atoms with Crippen molar-refractivity contribution in [3.05, 3.63) is 21.9 Å². The van der Waals surface area contributed by atoms with E-state index in [1.54, 1.807) is 5.32 Å². The summed E-state index contributed by atoms with van der Waals surface area (Å²) in [5.41, 5.74) is -1.79. The number of carbonyl (C=O) groups is 3. The first-order chi connectivity index (χ1) is 12.2. The zero-order valence-corrected chi connectivity index (χ0v) is 16.5. The van der Waals surface area contributed by atoms with Crippen LogP contribution in [0.5, 0.6) is 5.75 Å². The van der Waals surface area contributed by atoms with Crippen molar-refractivity contribution in [2.75, 3.05) is 12.4 Å². The lowest BCUT2D eigenvalue weighted by Crippen LogP contribution is -2.41. The number of hydrogen-bond donors (Lipinski definition) is 2. The molecule has 0 atom stereocenters. The molecule has 0 bridgehead atoms. The Hall–Kier alpha value is -1.50. The molecule has 0 heterocycles. The summed E-state index contributed by atoms with van der Waals surface area (Å²) < 4.78 is 56.1. The van der Waals surface area contributed by atoms with Gasteiger partial charge in [0, 0.05) is 0 Å². The second-order valence-electron chi connectivity index (χ2n) is 4.37. The third-order valence-electron chi connectivity index (χ3n) is 2.53. The molecule has 0 aromatic heterocycles. The molecular weight excluding hydrogens is 514 g/mol. The summed E-state index contributed by atoms with van der Waals surface area (Å²) in [4.78, 5) is 34.9. The quantitative estimate of drug-likeness (QED) is 0.353. The summed E-state index contributed by atoms with van der Waals surface area (Å²) in [6.45, 7) is 0. The van der Waals surface area contributed by atoms with Gasteiger partial charge in [0.15, 0.2) is 5.82 Å². The van der Waals surface area contributed by atoms with Crippen LogP contribution in [0.3, 0.4) is 0 Å². The van der Waals surface area contributed by atoms with Crippen molar-refractivity contribution >= 4 is 74.3 Å². The minimum Gasteiger partial charge on any atom is -0.465 e. The molecule has 27 heavy (non-hydrogen) atoms. The highest BCUT2D eigenvalue weighted by atomic mass is 79.9. The predicted octanol–water partition coefficient (Wildman–Crippen LogP) is 4.29. The molecule has 3 amide bonds. The molecule has 1 aromatic carbocycles. The van der Waals surface area contributed by atoms with Crippen LogP contribution in [0.4, 0.5) is 28.0 Å². The number of amides is 3. The number of anilines is 1. The minimum absolute atomic E-state index is 0.457. The van der Waals surface area contributed by atoms with Crippen molar-refractivity contribution in [1.29, 1.82) is 0 Å². The van der Waals surface area contributed by atoms with Crippen LogP contribution < -0.4 is 15.4 Å². The fraction of sp³-hybridized carbons (Fsp3) is 0.250. The van der Waals surface area contributed by atoms with Crippen LogP contribution in [0.15, 0.2) is 10.5 Å². The van der Waals surface area contributed by atoms with Crippen molar-refractivity contribution in [3.63, 3.8) is 0 Å². The molecule has 0 aliphatic heterocycles. The average Bonchev–Trinajstić information content (AvgIpc) is 2.51.